The standard InChI is InChI=1S/C9H9N5OS/c1-5-2-7(10)6(3-11-5)9(15)13-8-4-12-14-16-8/h2-4H,1H3,(H2,10,11)(H,13,15). The van der Waals surface area contributed by atoms with Crippen molar-refractivity contribution >= 4 is 28.1 Å². The van der Waals surface area contributed by atoms with E-state index in [1.807, 2.05) is 6.92 Å². The summed E-state index contributed by atoms with van der Waals surface area (Å²) in [4.78, 5) is 15.8. The Labute approximate surface area is 95.7 Å². The lowest BCUT2D eigenvalue weighted by Crippen LogP contribution is -2.13. The molecule has 6 nitrogen and oxygen atoms in total. The van der Waals surface area contributed by atoms with Gasteiger partial charge in [0.15, 0.2) is 0 Å². The number of nitrogens with one attached hydrogen (secondary N) is 1. The van der Waals surface area contributed by atoms with Crippen LogP contribution in [0.1, 0.15) is 16.1 Å². The van der Waals surface area contributed by atoms with Crippen molar-refractivity contribution in [1.29, 1.82) is 0 Å². The van der Waals surface area contributed by atoms with Crippen molar-refractivity contribution in [3.05, 3.63) is 29.7 Å². The first kappa shape index (κ1) is 10.5. The van der Waals surface area contributed by atoms with Crippen LogP contribution < -0.4 is 11.1 Å². The Bertz CT molecular complexity index is 511. The predicted molar refractivity (Wildman–Crippen MR) is 61.2 cm³/mol. The minimum atomic E-state index is -0.309. The fourth-order valence-electron chi connectivity index (χ4n) is 1.17. The minimum Gasteiger partial charge on any atom is -0.398 e. The number of nitrogens with zero attached hydrogens (tertiary/aromatic N) is 3. The van der Waals surface area contributed by atoms with Gasteiger partial charge in [-0.05, 0) is 13.0 Å². The second kappa shape index (κ2) is 4.23. The van der Waals surface area contributed by atoms with Crippen molar-refractivity contribution in [1.82, 2.24) is 14.6 Å². The lowest BCUT2D eigenvalue weighted by atomic mass is 10.2. The molecule has 0 unspecified atom stereocenters. The SMILES string of the molecule is Cc1cc(N)c(C(=O)Nc2cnns2)cn1. The molecule has 0 aromatic carbocycles. The zero-order chi connectivity index (χ0) is 11.5. The highest BCUT2D eigenvalue weighted by Gasteiger charge is 2.11. The first-order chi connectivity index (χ1) is 7.66. The van der Waals surface area contributed by atoms with E-state index in [2.05, 4.69) is 19.9 Å². The number of hydrogen-bond acceptors (Lipinski definition) is 6. The van der Waals surface area contributed by atoms with Crippen LogP contribution in [-0.2, 0) is 0 Å². The van der Waals surface area contributed by atoms with Crippen LogP contribution in [0.5, 0.6) is 0 Å². The van der Waals surface area contributed by atoms with Crippen molar-refractivity contribution in [3.8, 4) is 0 Å². The Morgan fingerprint density at radius 1 is 1.50 bits per heavy atom. The van der Waals surface area contributed by atoms with Crippen LogP contribution >= 0.6 is 11.5 Å². The first-order valence-corrected chi connectivity index (χ1v) is 5.25. The summed E-state index contributed by atoms with van der Waals surface area (Å²) in [6.07, 6.45) is 2.93. The van der Waals surface area contributed by atoms with Gasteiger partial charge in [-0.2, -0.15) is 0 Å². The monoisotopic (exact) mass is 235 g/mol. The van der Waals surface area contributed by atoms with Gasteiger partial charge < -0.3 is 11.1 Å². The predicted octanol–water partition coefficient (Wildman–Crippen LogP) is 1.08. The quantitative estimate of drug-likeness (QED) is 0.812. The molecule has 0 saturated carbocycles. The van der Waals surface area contributed by atoms with Crippen molar-refractivity contribution in [2.75, 3.05) is 11.1 Å². The molecule has 2 heterocycles. The zero-order valence-corrected chi connectivity index (χ0v) is 9.28. The van der Waals surface area contributed by atoms with Gasteiger partial charge in [0.2, 0.25) is 0 Å². The molecule has 0 atom stereocenters. The maximum absolute atomic E-state index is 11.8. The van der Waals surface area contributed by atoms with Gasteiger partial charge >= 0.3 is 0 Å². The molecule has 2 aromatic heterocycles. The Kier molecular flexibility index (Phi) is 2.78. The third-order valence-corrected chi connectivity index (χ3v) is 2.50. The van der Waals surface area contributed by atoms with Crippen LogP contribution in [0.25, 0.3) is 0 Å². The number of rotatable bonds is 2. The van der Waals surface area contributed by atoms with Gasteiger partial charge in [-0.15, -0.1) is 5.10 Å². The van der Waals surface area contributed by atoms with Crippen LogP contribution in [-0.4, -0.2) is 20.5 Å². The topological polar surface area (TPSA) is 93.8 Å². The molecule has 82 valence electrons. The minimum absolute atomic E-state index is 0.309. The van der Waals surface area contributed by atoms with Gasteiger partial charge in [-0.25, -0.2) is 0 Å². The van der Waals surface area contributed by atoms with Gasteiger partial charge in [-0.3, -0.25) is 9.78 Å². The zero-order valence-electron chi connectivity index (χ0n) is 8.47. The second-order valence-electron chi connectivity index (χ2n) is 3.15. The molecule has 0 aliphatic rings. The Morgan fingerprint density at radius 3 is 2.94 bits per heavy atom. The molecular weight excluding hydrogens is 226 g/mol. The van der Waals surface area contributed by atoms with Crippen LogP contribution in [0.15, 0.2) is 18.5 Å². The van der Waals surface area contributed by atoms with E-state index in [1.54, 1.807) is 6.07 Å². The molecule has 0 fully saturated rings. The van der Waals surface area contributed by atoms with Gasteiger partial charge in [-0.1, -0.05) is 4.49 Å². The summed E-state index contributed by atoms with van der Waals surface area (Å²) in [5, 5.41) is 6.82. The van der Waals surface area contributed by atoms with Crippen molar-refractivity contribution in [2.45, 2.75) is 6.92 Å². The highest BCUT2D eigenvalue weighted by Crippen LogP contribution is 2.15. The van der Waals surface area contributed by atoms with Crippen LogP contribution in [0.4, 0.5) is 10.7 Å². The first-order valence-electron chi connectivity index (χ1n) is 4.47. The number of hydrogen-bond donors (Lipinski definition) is 2. The number of carbonyl (C=O) groups is 1. The van der Waals surface area contributed by atoms with Crippen molar-refractivity contribution < 1.29 is 4.79 Å². The number of anilines is 2. The fourth-order valence-corrected chi connectivity index (χ4v) is 1.59. The maximum atomic E-state index is 11.8. The highest BCUT2D eigenvalue weighted by molar-refractivity contribution is 7.10. The number of nitrogens with two attached hydrogens (primary N) is 1. The molecule has 0 radical (unpaired) electrons. The molecule has 3 N–H and O–H groups in total. The van der Waals surface area contributed by atoms with Crippen molar-refractivity contribution in [3.63, 3.8) is 0 Å². The maximum Gasteiger partial charge on any atom is 0.260 e. The van der Waals surface area contributed by atoms with Gasteiger partial charge in [0, 0.05) is 29.1 Å². The lowest BCUT2D eigenvalue weighted by Gasteiger charge is -2.05. The summed E-state index contributed by atoms with van der Waals surface area (Å²) >= 11 is 1.10. The van der Waals surface area contributed by atoms with E-state index in [-0.39, 0.29) is 5.91 Å². The van der Waals surface area contributed by atoms with E-state index in [1.165, 1.54) is 12.4 Å². The van der Waals surface area contributed by atoms with E-state index >= 15 is 0 Å². The summed E-state index contributed by atoms with van der Waals surface area (Å²) in [5.41, 5.74) is 7.25. The Hall–Kier alpha value is -2.02. The molecule has 2 aromatic rings. The molecular formula is C9H9N5OS. The number of carbonyl (C=O) groups excluding carboxylic acids is 1. The van der Waals surface area contributed by atoms with Crippen LogP contribution in [0.3, 0.4) is 0 Å². The molecule has 0 saturated heterocycles. The van der Waals surface area contributed by atoms with E-state index < -0.39 is 0 Å². The summed E-state index contributed by atoms with van der Waals surface area (Å²) in [5.74, 6) is -0.309. The number of aromatic nitrogens is 3. The molecule has 16 heavy (non-hydrogen) atoms. The van der Waals surface area contributed by atoms with E-state index in [0.29, 0.717) is 16.3 Å². The molecule has 2 rings (SSSR count). The van der Waals surface area contributed by atoms with Crippen LogP contribution in [0.2, 0.25) is 0 Å². The van der Waals surface area contributed by atoms with Crippen molar-refractivity contribution in [2.24, 2.45) is 0 Å². The third-order valence-electron chi connectivity index (χ3n) is 1.92. The van der Waals surface area contributed by atoms with E-state index in [0.717, 1.165) is 17.2 Å². The highest BCUT2D eigenvalue weighted by atomic mass is 32.1. The summed E-state index contributed by atoms with van der Waals surface area (Å²) in [6.45, 7) is 1.81. The molecule has 7 heteroatoms. The largest absolute Gasteiger partial charge is 0.398 e. The van der Waals surface area contributed by atoms with Gasteiger partial charge in [0.1, 0.15) is 5.00 Å². The molecule has 0 aliphatic heterocycles. The third kappa shape index (κ3) is 2.14. The Balaban J connectivity index is 2.21. The Morgan fingerprint density at radius 2 is 2.31 bits per heavy atom. The summed E-state index contributed by atoms with van der Waals surface area (Å²) in [6, 6.07) is 1.65. The number of nitrogen functional groups attached to an aromatic ring is 1. The fraction of sp³-hybridized carbons (Fsp3) is 0.111. The molecule has 1 amide bonds. The van der Waals surface area contributed by atoms with Crippen LogP contribution in [0, 0.1) is 6.92 Å². The van der Waals surface area contributed by atoms with E-state index in [9.17, 15) is 4.79 Å². The number of amides is 1. The smallest absolute Gasteiger partial charge is 0.260 e. The average molecular weight is 235 g/mol. The number of pyridine rings is 1. The molecule has 0 spiro atoms. The van der Waals surface area contributed by atoms with Gasteiger partial charge in [0.05, 0.1) is 11.8 Å². The second-order valence-corrected chi connectivity index (χ2v) is 3.93. The lowest BCUT2D eigenvalue weighted by molar-refractivity contribution is 0.102. The average Bonchev–Trinajstić information content (AvgIpc) is 2.70. The summed E-state index contributed by atoms with van der Waals surface area (Å²) in [7, 11) is 0. The molecule has 0 bridgehead atoms. The van der Waals surface area contributed by atoms with E-state index in [4.69, 9.17) is 5.73 Å². The number of aryl methyl sites for hydroxylation is 1. The normalized spacial score (nSPS) is 10.1. The molecule has 0 aliphatic carbocycles. The van der Waals surface area contributed by atoms with Gasteiger partial charge in [0.25, 0.3) is 5.91 Å². The summed E-state index contributed by atoms with van der Waals surface area (Å²) < 4.78 is 3.64.